The maximum absolute atomic E-state index is 11.1. The van der Waals surface area contributed by atoms with Crippen molar-refractivity contribution in [2.45, 2.75) is 18.9 Å². The lowest BCUT2D eigenvalue weighted by molar-refractivity contribution is -0.141. The zero-order valence-electron chi connectivity index (χ0n) is 8.29. The second-order valence-electron chi connectivity index (χ2n) is 3.01. The summed E-state index contributed by atoms with van der Waals surface area (Å²) >= 11 is 3.82. The Labute approximate surface area is 98.4 Å². The Morgan fingerprint density at radius 3 is 2.31 bits per heavy atom. The van der Waals surface area contributed by atoms with Crippen LogP contribution in [0.5, 0.6) is 0 Å². The Morgan fingerprint density at radius 1 is 1.38 bits per heavy atom. The van der Waals surface area contributed by atoms with Crippen molar-refractivity contribution in [1.82, 2.24) is 5.32 Å². The fourth-order valence-corrected chi connectivity index (χ4v) is 1.58. The van der Waals surface area contributed by atoms with Crippen LogP contribution >= 0.6 is 12.6 Å². The predicted octanol–water partition coefficient (Wildman–Crippen LogP) is -0.846. The fraction of sp³-hybridized carbons (Fsp3) is 0.714. The van der Waals surface area contributed by atoms with Crippen molar-refractivity contribution in [2.24, 2.45) is 0 Å². The largest absolute Gasteiger partial charge is 0.480 e. The van der Waals surface area contributed by atoms with E-state index >= 15 is 0 Å². The van der Waals surface area contributed by atoms with E-state index < -0.39 is 40.2 Å². The highest BCUT2D eigenvalue weighted by atomic mass is 32.2. The quantitative estimate of drug-likeness (QED) is 0.354. The molecule has 0 aromatic rings. The molecule has 3 N–H and O–H groups in total. The van der Waals surface area contributed by atoms with E-state index in [1.165, 1.54) is 0 Å². The maximum atomic E-state index is 11.1. The van der Waals surface area contributed by atoms with Gasteiger partial charge in [0, 0.05) is 6.42 Å². The number of carbonyl (C=O) groups is 2. The molecule has 94 valence electrons. The lowest BCUT2D eigenvalue weighted by atomic mass is 10.2. The van der Waals surface area contributed by atoms with E-state index in [0.717, 1.165) is 0 Å². The van der Waals surface area contributed by atoms with Gasteiger partial charge in [0.15, 0.2) is 0 Å². The molecule has 0 rings (SSSR count). The lowest BCUT2D eigenvalue weighted by Crippen LogP contribution is -2.41. The second kappa shape index (κ2) is 6.71. The summed E-state index contributed by atoms with van der Waals surface area (Å²) in [6.07, 6.45) is -0.342. The summed E-state index contributed by atoms with van der Waals surface area (Å²) in [5.41, 5.74) is 0. The minimum Gasteiger partial charge on any atom is -0.480 e. The summed E-state index contributed by atoms with van der Waals surface area (Å²) in [5.74, 6) is -2.41. The Bertz CT molecular complexity index is 352. The Balaban J connectivity index is 4.15. The third-order valence-corrected chi connectivity index (χ3v) is 2.62. The molecule has 0 saturated carbocycles. The molecule has 1 amide bonds. The third-order valence-electron chi connectivity index (χ3n) is 1.64. The van der Waals surface area contributed by atoms with E-state index in [0.29, 0.717) is 0 Å². The number of amides is 1. The van der Waals surface area contributed by atoms with Crippen molar-refractivity contribution in [3.8, 4) is 0 Å². The van der Waals surface area contributed by atoms with Gasteiger partial charge in [0.25, 0.3) is 10.1 Å². The number of carboxylic acids is 1. The molecule has 0 radical (unpaired) electrons. The number of aliphatic carboxylic acids is 1. The average molecular weight is 271 g/mol. The zero-order chi connectivity index (χ0) is 12.8. The van der Waals surface area contributed by atoms with Gasteiger partial charge in [-0.15, -0.1) is 0 Å². The SMILES string of the molecule is O=C(CCS(=O)(=O)O)N[C@@H](CCS)C(=O)O. The number of hydrogen-bond acceptors (Lipinski definition) is 5. The van der Waals surface area contributed by atoms with Crippen molar-refractivity contribution in [3.63, 3.8) is 0 Å². The first-order chi connectivity index (χ1) is 7.26. The number of carbonyl (C=O) groups excluding carboxylic acids is 1. The molecule has 0 bridgehead atoms. The molecule has 0 heterocycles. The number of rotatable bonds is 7. The minimum atomic E-state index is -4.21. The van der Waals surface area contributed by atoms with Crippen molar-refractivity contribution in [2.75, 3.05) is 11.5 Å². The first kappa shape index (κ1) is 15.2. The number of carboxylic acid groups (broad SMARTS) is 1. The van der Waals surface area contributed by atoms with E-state index in [2.05, 4.69) is 17.9 Å². The molecule has 0 aliphatic rings. The van der Waals surface area contributed by atoms with Gasteiger partial charge in [0.2, 0.25) is 5.91 Å². The monoisotopic (exact) mass is 271 g/mol. The van der Waals surface area contributed by atoms with Crippen molar-refractivity contribution in [1.29, 1.82) is 0 Å². The van der Waals surface area contributed by atoms with Crippen LogP contribution < -0.4 is 5.32 Å². The Kier molecular flexibility index (Phi) is 6.38. The van der Waals surface area contributed by atoms with Gasteiger partial charge in [-0.2, -0.15) is 21.0 Å². The Hall–Kier alpha value is -0.800. The molecule has 0 unspecified atom stereocenters. The van der Waals surface area contributed by atoms with Crippen LogP contribution in [-0.2, 0) is 19.7 Å². The molecule has 0 aromatic heterocycles. The van der Waals surface area contributed by atoms with Crippen molar-refractivity contribution < 1.29 is 27.7 Å². The van der Waals surface area contributed by atoms with Crippen LogP contribution in [0.3, 0.4) is 0 Å². The summed E-state index contributed by atoms with van der Waals surface area (Å²) < 4.78 is 29.0. The van der Waals surface area contributed by atoms with E-state index in [1.807, 2.05) is 0 Å². The van der Waals surface area contributed by atoms with Gasteiger partial charge >= 0.3 is 5.97 Å². The zero-order valence-corrected chi connectivity index (χ0v) is 10.00. The molecular formula is C7H13NO6S2. The number of thiol groups is 1. The molecular weight excluding hydrogens is 258 g/mol. The highest BCUT2D eigenvalue weighted by molar-refractivity contribution is 7.85. The van der Waals surface area contributed by atoms with E-state index in [-0.39, 0.29) is 12.2 Å². The summed E-state index contributed by atoms with van der Waals surface area (Å²) in [5, 5.41) is 10.8. The smallest absolute Gasteiger partial charge is 0.326 e. The van der Waals surface area contributed by atoms with E-state index in [4.69, 9.17) is 9.66 Å². The van der Waals surface area contributed by atoms with E-state index in [1.54, 1.807) is 0 Å². The molecule has 9 heteroatoms. The maximum Gasteiger partial charge on any atom is 0.326 e. The molecule has 0 fully saturated rings. The highest BCUT2D eigenvalue weighted by Gasteiger charge is 2.19. The summed E-state index contributed by atoms with van der Waals surface area (Å²) in [7, 11) is -4.21. The topological polar surface area (TPSA) is 121 Å². The molecule has 7 nitrogen and oxygen atoms in total. The number of hydrogen-bond donors (Lipinski definition) is 4. The van der Waals surface area contributed by atoms with E-state index in [9.17, 15) is 18.0 Å². The molecule has 0 saturated heterocycles. The van der Waals surface area contributed by atoms with Gasteiger partial charge in [-0.3, -0.25) is 9.35 Å². The van der Waals surface area contributed by atoms with Crippen LogP contribution in [0.25, 0.3) is 0 Å². The van der Waals surface area contributed by atoms with Crippen LogP contribution in [0, 0.1) is 0 Å². The molecule has 0 aliphatic carbocycles. The van der Waals surface area contributed by atoms with Crippen LogP contribution in [0.2, 0.25) is 0 Å². The Morgan fingerprint density at radius 2 is 1.94 bits per heavy atom. The summed E-state index contributed by atoms with van der Waals surface area (Å²) in [6.45, 7) is 0. The third kappa shape index (κ3) is 7.49. The summed E-state index contributed by atoms with van der Waals surface area (Å²) in [4.78, 5) is 21.7. The first-order valence-electron chi connectivity index (χ1n) is 4.34. The molecule has 0 aromatic carbocycles. The predicted molar refractivity (Wildman–Crippen MR) is 59.1 cm³/mol. The molecule has 0 spiro atoms. The minimum absolute atomic E-state index is 0.135. The van der Waals surface area contributed by atoms with Gasteiger partial charge in [0.1, 0.15) is 6.04 Å². The summed E-state index contributed by atoms with van der Waals surface area (Å²) in [6, 6.07) is -1.09. The van der Waals surface area contributed by atoms with Gasteiger partial charge in [-0.25, -0.2) is 4.79 Å². The van der Waals surface area contributed by atoms with Gasteiger partial charge < -0.3 is 10.4 Å². The van der Waals surface area contributed by atoms with Crippen LogP contribution in [0.15, 0.2) is 0 Å². The normalized spacial score (nSPS) is 13.1. The fourth-order valence-electron chi connectivity index (χ4n) is 0.875. The first-order valence-corrected chi connectivity index (χ1v) is 6.58. The highest BCUT2D eigenvalue weighted by Crippen LogP contribution is 1.97. The van der Waals surface area contributed by atoms with Gasteiger partial charge in [-0.05, 0) is 12.2 Å². The standard InChI is InChI=1S/C7H13NO6S2/c9-6(2-4-16(12,13)14)8-5(1-3-15)7(10)11/h5,15H,1-4H2,(H,8,9)(H,10,11)(H,12,13,14)/t5-/m0/s1. The molecule has 16 heavy (non-hydrogen) atoms. The van der Waals surface area contributed by atoms with Gasteiger partial charge in [0.05, 0.1) is 5.75 Å². The molecule has 0 aliphatic heterocycles. The van der Waals surface area contributed by atoms with Gasteiger partial charge in [-0.1, -0.05) is 0 Å². The molecule has 1 atom stereocenters. The second-order valence-corrected chi connectivity index (χ2v) is 5.03. The number of nitrogens with one attached hydrogen (secondary N) is 1. The van der Waals surface area contributed by atoms with Crippen molar-refractivity contribution in [3.05, 3.63) is 0 Å². The van der Waals surface area contributed by atoms with Crippen LogP contribution in [-0.4, -0.2) is 47.5 Å². The van der Waals surface area contributed by atoms with Crippen LogP contribution in [0.4, 0.5) is 0 Å². The van der Waals surface area contributed by atoms with Crippen LogP contribution in [0.1, 0.15) is 12.8 Å². The average Bonchev–Trinajstić information content (AvgIpc) is 2.13. The van der Waals surface area contributed by atoms with Crippen molar-refractivity contribution >= 4 is 34.6 Å². The lowest BCUT2D eigenvalue weighted by Gasteiger charge is -2.12.